The Morgan fingerprint density at radius 3 is 3.07 bits per heavy atom. The maximum atomic E-state index is 10.8. The quantitative estimate of drug-likeness (QED) is 0.286. The van der Waals surface area contributed by atoms with E-state index in [0.717, 1.165) is 19.4 Å². The predicted molar refractivity (Wildman–Crippen MR) is 56.7 cm³/mol. The molecule has 1 N–H and O–H groups in total. The molecule has 3 heteroatoms. The second kappa shape index (κ2) is 9.82. The number of carbonyl (C=O) groups excluding carboxylic acids is 1. The van der Waals surface area contributed by atoms with E-state index < -0.39 is 0 Å². The highest BCUT2D eigenvalue weighted by Crippen LogP contribution is 1.83. The maximum absolute atomic E-state index is 10.8. The Kier molecular flexibility index (Phi) is 8.92. The third kappa shape index (κ3) is 8.82. The van der Waals surface area contributed by atoms with E-state index in [9.17, 15) is 4.79 Å². The van der Waals surface area contributed by atoms with E-state index in [-0.39, 0.29) is 5.97 Å². The lowest BCUT2D eigenvalue weighted by Crippen LogP contribution is -2.15. The highest BCUT2D eigenvalue weighted by atomic mass is 16.5. The average molecular weight is 195 g/mol. The van der Waals surface area contributed by atoms with Crippen LogP contribution in [0.5, 0.6) is 0 Å². The van der Waals surface area contributed by atoms with Crippen molar-refractivity contribution in [2.45, 2.75) is 19.8 Å². The van der Waals surface area contributed by atoms with E-state index >= 15 is 0 Å². The molecular weight excluding hydrogens is 178 g/mol. The number of unbranched alkanes of at least 4 members (excludes halogenated alkanes) is 1. The van der Waals surface area contributed by atoms with Crippen LogP contribution in [0, 0.1) is 12.3 Å². The third-order valence-electron chi connectivity index (χ3n) is 1.48. The predicted octanol–water partition coefficient (Wildman–Crippen LogP) is 1.11. The van der Waals surface area contributed by atoms with Gasteiger partial charge in [-0.05, 0) is 19.9 Å². The number of hydrogen-bond acceptors (Lipinski definition) is 3. The molecule has 0 radical (unpaired) electrons. The lowest BCUT2D eigenvalue weighted by atomic mass is 10.3. The van der Waals surface area contributed by atoms with E-state index in [1.54, 1.807) is 13.0 Å². The van der Waals surface area contributed by atoms with Gasteiger partial charge in [0.05, 0.1) is 6.61 Å². The Balaban J connectivity index is 3.27. The molecule has 0 amide bonds. The highest BCUT2D eigenvalue weighted by Gasteiger charge is 1.91. The Morgan fingerprint density at radius 1 is 1.64 bits per heavy atom. The van der Waals surface area contributed by atoms with Crippen molar-refractivity contribution in [3.05, 3.63) is 12.2 Å². The number of nitrogens with one attached hydrogen (secondary N) is 1. The van der Waals surface area contributed by atoms with Crippen LogP contribution in [0.3, 0.4) is 0 Å². The van der Waals surface area contributed by atoms with Gasteiger partial charge in [-0.25, -0.2) is 4.79 Å². The molecule has 0 heterocycles. The van der Waals surface area contributed by atoms with Crippen LogP contribution in [0.15, 0.2) is 12.2 Å². The summed E-state index contributed by atoms with van der Waals surface area (Å²) in [5.74, 6) is 2.27. The fourth-order valence-electron chi connectivity index (χ4n) is 0.846. The minimum atomic E-state index is -0.294. The first-order valence-electron chi connectivity index (χ1n) is 4.78. The summed E-state index contributed by atoms with van der Waals surface area (Å²) in [6.07, 6.45) is 10.0. The van der Waals surface area contributed by atoms with Gasteiger partial charge in [0.15, 0.2) is 0 Å². The zero-order valence-electron chi connectivity index (χ0n) is 8.58. The number of esters is 1. The van der Waals surface area contributed by atoms with E-state index in [0.29, 0.717) is 13.2 Å². The van der Waals surface area contributed by atoms with Gasteiger partial charge < -0.3 is 10.1 Å². The lowest BCUT2D eigenvalue weighted by molar-refractivity contribution is -0.137. The molecule has 0 aromatic heterocycles. The van der Waals surface area contributed by atoms with Crippen molar-refractivity contribution < 1.29 is 9.53 Å². The smallest absolute Gasteiger partial charge is 0.330 e. The van der Waals surface area contributed by atoms with Gasteiger partial charge in [-0.15, -0.1) is 12.3 Å². The van der Waals surface area contributed by atoms with Crippen molar-refractivity contribution in [2.24, 2.45) is 0 Å². The molecule has 0 aliphatic heterocycles. The molecule has 0 fully saturated rings. The van der Waals surface area contributed by atoms with Gasteiger partial charge in [-0.1, -0.05) is 6.08 Å². The van der Waals surface area contributed by atoms with Gasteiger partial charge in [0.25, 0.3) is 0 Å². The largest absolute Gasteiger partial charge is 0.463 e. The topological polar surface area (TPSA) is 38.3 Å². The van der Waals surface area contributed by atoms with Gasteiger partial charge in [0, 0.05) is 19.0 Å². The first kappa shape index (κ1) is 12.7. The van der Waals surface area contributed by atoms with E-state index in [2.05, 4.69) is 11.2 Å². The molecule has 0 aromatic rings. The van der Waals surface area contributed by atoms with Crippen molar-refractivity contribution in [2.75, 3.05) is 19.7 Å². The summed E-state index contributed by atoms with van der Waals surface area (Å²) in [6, 6.07) is 0. The van der Waals surface area contributed by atoms with Crippen molar-refractivity contribution in [3.8, 4) is 12.3 Å². The Hall–Kier alpha value is -1.27. The first-order chi connectivity index (χ1) is 6.81. The fraction of sp³-hybridized carbons (Fsp3) is 0.545. The fourth-order valence-corrected chi connectivity index (χ4v) is 0.846. The van der Waals surface area contributed by atoms with Gasteiger partial charge in [0.2, 0.25) is 0 Å². The zero-order chi connectivity index (χ0) is 10.6. The molecule has 78 valence electrons. The number of carbonyl (C=O) groups is 1. The van der Waals surface area contributed by atoms with Gasteiger partial charge >= 0.3 is 5.97 Å². The summed E-state index contributed by atoms with van der Waals surface area (Å²) in [7, 11) is 0. The van der Waals surface area contributed by atoms with Crippen LogP contribution in [-0.4, -0.2) is 25.7 Å². The molecule has 0 saturated carbocycles. The van der Waals surface area contributed by atoms with Crippen LogP contribution in [-0.2, 0) is 9.53 Å². The molecule has 0 aliphatic carbocycles. The maximum Gasteiger partial charge on any atom is 0.330 e. The highest BCUT2D eigenvalue weighted by molar-refractivity contribution is 5.81. The molecule has 14 heavy (non-hydrogen) atoms. The van der Waals surface area contributed by atoms with Crippen LogP contribution in [0.25, 0.3) is 0 Å². The van der Waals surface area contributed by atoms with Gasteiger partial charge in [0.1, 0.15) is 0 Å². The Bertz CT molecular complexity index is 216. The average Bonchev–Trinajstić information content (AvgIpc) is 2.17. The first-order valence-corrected chi connectivity index (χ1v) is 4.78. The lowest BCUT2D eigenvalue weighted by Gasteiger charge is -1.98. The zero-order valence-corrected chi connectivity index (χ0v) is 8.58. The second-order valence-corrected chi connectivity index (χ2v) is 2.67. The van der Waals surface area contributed by atoms with E-state index in [1.165, 1.54) is 6.08 Å². The minimum absolute atomic E-state index is 0.294. The van der Waals surface area contributed by atoms with Crippen molar-refractivity contribution in [3.63, 3.8) is 0 Å². The number of hydrogen-bond donors (Lipinski definition) is 1. The molecule has 3 nitrogen and oxygen atoms in total. The molecule has 0 saturated heterocycles. The van der Waals surface area contributed by atoms with Crippen LogP contribution < -0.4 is 5.32 Å². The number of terminal acetylenes is 1. The molecule has 0 bridgehead atoms. The Labute approximate surface area is 85.5 Å². The monoisotopic (exact) mass is 195 g/mol. The summed E-state index contributed by atoms with van der Waals surface area (Å²) in [4.78, 5) is 10.8. The van der Waals surface area contributed by atoms with Gasteiger partial charge in [-0.3, -0.25) is 0 Å². The van der Waals surface area contributed by atoms with Crippen LogP contribution in [0.4, 0.5) is 0 Å². The van der Waals surface area contributed by atoms with Crippen molar-refractivity contribution in [1.29, 1.82) is 0 Å². The molecule has 0 spiro atoms. The van der Waals surface area contributed by atoms with Gasteiger partial charge in [-0.2, -0.15) is 0 Å². The van der Waals surface area contributed by atoms with Crippen LogP contribution >= 0.6 is 0 Å². The van der Waals surface area contributed by atoms with Crippen LogP contribution in [0.1, 0.15) is 19.8 Å². The normalized spacial score (nSPS) is 10.0. The summed E-state index contributed by atoms with van der Waals surface area (Å²) in [6.45, 7) is 3.74. The minimum Gasteiger partial charge on any atom is -0.463 e. The molecule has 0 rings (SSSR count). The third-order valence-corrected chi connectivity index (χ3v) is 1.48. The van der Waals surface area contributed by atoms with E-state index in [1.807, 2.05) is 0 Å². The Morgan fingerprint density at radius 2 is 2.43 bits per heavy atom. The second-order valence-electron chi connectivity index (χ2n) is 2.67. The molecule has 0 aliphatic rings. The summed E-state index contributed by atoms with van der Waals surface area (Å²) in [5.41, 5.74) is 0. The summed E-state index contributed by atoms with van der Waals surface area (Å²) in [5, 5.41) is 3.13. The number of rotatable bonds is 7. The summed E-state index contributed by atoms with van der Waals surface area (Å²) >= 11 is 0. The van der Waals surface area contributed by atoms with Crippen molar-refractivity contribution in [1.82, 2.24) is 5.32 Å². The SMILES string of the molecule is C#CCCCNC/C=C/C(=O)OCC. The number of ether oxygens (including phenoxy) is 1. The van der Waals surface area contributed by atoms with Crippen molar-refractivity contribution >= 4 is 5.97 Å². The van der Waals surface area contributed by atoms with Crippen LogP contribution in [0.2, 0.25) is 0 Å². The molecule has 0 atom stereocenters. The van der Waals surface area contributed by atoms with E-state index in [4.69, 9.17) is 11.2 Å². The molecule has 0 aromatic carbocycles. The standard InChI is InChI=1S/C11H17NO2/c1-3-5-6-9-12-10-7-8-11(13)14-4-2/h1,7-8,12H,4-6,9-10H2,2H3/b8-7+. The molecular formula is C11H17NO2. The summed E-state index contributed by atoms with van der Waals surface area (Å²) < 4.78 is 4.71. The molecule has 0 unspecified atom stereocenters.